The number of ether oxygens (including phenoxy) is 1. The number of hydrogen-bond donors (Lipinski definition) is 1. The van der Waals surface area contributed by atoms with Gasteiger partial charge in [0.05, 0.1) is 17.8 Å². The molecule has 2 heterocycles. The van der Waals surface area contributed by atoms with Crippen LogP contribution in [0.15, 0.2) is 54.8 Å². The molecule has 2 aromatic heterocycles. The average Bonchev–Trinajstić information content (AvgIpc) is 3.30. The van der Waals surface area contributed by atoms with E-state index in [4.69, 9.17) is 13.6 Å². The number of benzene rings is 1. The largest absolute Gasteiger partial charge is 0.497 e. The molecule has 3 aromatic rings. The van der Waals surface area contributed by atoms with Crippen LogP contribution >= 0.6 is 15.9 Å². The van der Waals surface area contributed by atoms with Crippen molar-refractivity contribution in [2.45, 2.75) is 17.7 Å². The van der Waals surface area contributed by atoms with Crippen LogP contribution in [0.2, 0.25) is 0 Å². The summed E-state index contributed by atoms with van der Waals surface area (Å²) < 4.78 is 40.7. The van der Waals surface area contributed by atoms with E-state index in [0.29, 0.717) is 16.2 Å². The second-order valence-electron chi connectivity index (χ2n) is 5.66. The third-order valence-electron chi connectivity index (χ3n) is 3.69. The number of hydrogen-bond acceptors (Lipinski definition) is 8. The fourth-order valence-electron chi connectivity index (χ4n) is 2.31. The zero-order valence-corrected chi connectivity index (χ0v) is 17.1. The molecule has 0 unspecified atom stereocenters. The molecule has 0 aliphatic rings. The first-order valence-corrected chi connectivity index (χ1v) is 10.6. The number of amides is 1. The number of furan rings is 1. The van der Waals surface area contributed by atoms with Gasteiger partial charge in [-0.1, -0.05) is 5.10 Å². The van der Waals surface area contributed by atoms with Crippen molar-refractivity contribution in [3.05, 3.63) is 41.1 Å². The van der Waals surface area contributed by atoms with Crippen molar-refractivity contribution in [2.75, 3.05) is 18.2 Å². The zero-order chi connectivity index (χ0) is 20.1. The Bertz CT molecular complexity index is 1060. The van der Waals surface area contributed by atoms with E-state index in [-0.39, 0.29) is 35.4 Å². The van der Waals surface area contributed by atoms with Crippen LogP contribution in [-0.4, -0.2) is 37.4 Å². The van der Waals surface area contributed by atoms with E-state index >= 15 is 0 Å². The number of anilines is 1. The predicted octanol–water partition coefficient (Wildman–Crippen LogP) is 3.29. The van der Waals surface area contributed by atoms with Crippen molar-refractivity contribution in [3.8, 4) is 17.4 Å². The number of aromatic nitrogens is 2. The molecular weight excluding hydrogens is 454 g/mol. The van der Waals surface area contributed by atoms with Gasteiger partial charge in [0, 0.05) is 6.42 Å². The normalized spacial score (nSPS) is 11.4. The summed E-state index contributed by atoms with van der Waals surface area (Å²) in [5, 5.41) is 9.92. The lowest BCUT2D eigenvalue weighted by molar-refractivity contribution is -0.116. The number of halogens is 1. The van der Waals surface area contributed by atoms with Crippen molar-refractivity contribution < 1.29 is 26.8 Å². The van der Waals surface area contributed by atoms with Crippen molar-refractivity contribution in [2.24, 2.45) is 0 Å². The maximum absolute atomic E-state index is 12.3. The van der Waals surface area contributed by atoms with Gasteiger partial charge in [-0.05, 0) is 58.7 Å². The third-order valence-corrected chi connectivity index (χ3v) is 5.93. The molecule has 0 saturated carbocycles. The van der Waals surface area contributed by atoms with Gasteiger partial charge in [0.1, 0.15) is 5.75 Å². The topological polar surface area (TPSA) is 125 Å². The Morgan fingerprint density at radius 1 is 1.14 bits per heavy atom. The Hall–Kier alpha value is -2.66. The average molecular weight is 470 g/mol. The van der Waals surface area contributed by atoms with E-state index < -0.39 is 15.7 Å². The number of carbonyl (C=O) groups excluding carboxylic acids is 1. The molecule has 0 spiro atoms. The molecule has 0 bridgehead atoms. The Balaban J connectivity index is 1.51. The first kappa shape index (κ1) is 20.1. The lowest BCUT2D eigenvalue weighted by atomic mass is 10.3. The highest BCUT2D eigenvalue weighted by Crippen LogP contribution is 2.25. The Kier molecular flexibility index (Phi) is 6.15. The number of nitrogens with one attached hydrogen (secondary N) is 1. The van der Waals surface area contributed by atoms with E-state index in [9.17, 15) is 13.2 Å². The molecule has 11 heteroatoms. The molecule has 28 heavy (non-hydrogen) atoms. The van der Waals surface area contributed by atoms with Gasteiger partial charge in [-0.3, -0.25) is 10.1 Å². The number of rotatable bonds is 8. The Labute approximate surface area is 169 Å². The minimum Gasteiger partial charge on any atom is -0.497 e. The maximum Gasteiger partial charge on any atom is 0.322 e. The minimum absolute atomic E-state index is 0.0145. The standard InChI is InChI=1S/C17H16BrN3O6S/c1-25-11-4-6-12(7-5-11)28(23,24)10-2-3-15(22)19-17-21-20-16(27-17)13-8-9-14(18)26-13/h4-9H,2-3,10H2,1H3,(H,19,21,22). The van der Waals surface area contributed by atoms with Crippen LogP contribution in [0.3, 0.4) is 0 Å². The molecule has 0 saturated heterocycles. The fourth-order valence-corrected chi connectivity index (χ4v) is 3.93. The molecule has 3 rings (SSSR count). The summed E-state index contributed by atoms with van der Waals surface area (Å²) in [6.45, 7) is 0. The van der Waals surface area contributed by atoms with Crippen LogP contribution in [0.5, 0.6) is 5.75 Å². The van der Waals surface area contributed by atoms with Crippen LogP contribution in [0, 0.1) is 0 Å². The van der Waals surface area contributed by atoms with Crippen LogP contribution in [0.25, 0.3) is 11.7 Å². The highest BCUT2D eigenvalue weighted by atomic mass is 79.9. The van der Waals surface area contributed by atoms with E-state index in [0.717, 1.165) is 0 Å². The number of carbonyl (C=O) groups is 1. The SMILES string of the molecule is COc1ccc(S(=O)(=O)CCCC(=O)Nc2nnc(-c3ccc(Br)o3)o2)cc1. The summed E-state index contributed by atoms with van der Waals surface area (Å²) in [4.78, 5) is 12.2. The molecule has 1 N–H and O–H groups in total. The third kappa shape index (κ3) is 4.98. The van der Waals surface area contributed by atoms with Gasteiger partial charge in [0.15, 0.2) is 20.3 Å². The van der Waals surface area contributed by atoms with Crippen molar-refractivity contribution in [1.29, 1.82) is 0 Å². The molecule has 148 valence electrons. The summed E-state index contributed by atoms with van der Waals surface area (Å²) in [5.41, 5.74) is 0. The summed E-state index contributed by atoms with van der Waals surface area (Å²) in [5.74, 6) is 0.441. The molecular formula is C17H16BrN3O6S. The summed E-state index contributed by atoms with van der Waals surface area (Å²) in [6.07, 6.45) is 0.131. The van der Waals surface area contributed by atoms with Gasteiger partial charge in [0.2, 0.25) is 5.91 Å². The summed E-state index contributed by atoms with van der Waals surface area (Å²) in [6, 6.07) is 9.30. The van der Waals surface area contributed by atoms with E-state index in [2.05, 4.69) is 31.4 Å². The van der Waals surface area contributed by atoms with Gasteiger partial charge < -0.3 is 13.6 Å². The molecule has 9 nitrogen and oxygen atoms in total. The molecule has 0 radical (unpaired) electrons. The monoisotopic (exact) mass is 469 g/mol. The van der Waals surface area contributed by atoms with Crippen LogP contribution in [0.1, 0.15) is 12.8 Å². The highest BCUT2D eigenvalue weighted by Gasteiger charge is 2.17. The van der Waals surface area contributed by atoms with E-state index in [1.807, 2.05) is 0 Å². The second-order valence-corrected chi connectivity index (χ2v) is 8.55. The lowest BCUT2D eigenvalue weighted by Crippen LogP contribution is -2.14. The van der Waals surface area contributed by atoms with Crippen molar-refractivity contribution >= 4 is 37.7 Å². The van der Waals surface area contributed by atoms with Gasteiger partial charge in [-0.15, -0.1) is 5.10 Å². The second kappa shape index (κ2) is 8.57. The molecule has 0 aliphatic heterocycles. The molecule has 1 aromatic carbocycles. The van der Waals surface area contributed by atoms with Gasteiger partial charge >= 0.3 is 6.01 Å². The quantitative estimate of drug-likeness (QED) is 0.532. The van der Waals surface area contributed by atoms with Crippen LogP contribution < -0.4 is 10.1 Å². The Morgan fingerprint density at radius 3 is 2.54 bits per heavy atom. The van der Waals surface area contributed by atoms with Gasteiger partial charge in [-0.2, -0.15) is 0 Å². The first-order chi connectivity index (χ1) is 13.4. The van der Waals surface area contributed by atoms with Crippen molar-refractivity contribution in [1.82, 2.24) is 10.2 Å². The van der Waals surface area contributed by atoms with Gasteiger partial charge in [-0.25, -0.2) is 8.42 Å². The summed E-state index contributed by atoms with van der Waals surface area (Å²) >= 11 is 3.16. The Morgan fingerprint density at radius 2 is 1.89 bits per heavy atom. The maximum atomic E-state index is 12.3. The molecule has 0 aliphatic carbocycles. The highest BCUT2D eigenvalue weighted by molar-refractivity contribution is 9.10. The van der Waals surface area contributed by atoms with Crippen LogP contribution in [0.4, 0.5) is 6.01 Å². The fraction of sp³-hybridized carbons (Fsp3) is 0.235. The van der Waals surface area contributed by atoms with E-state index in [1.165, 1.54) is 19.2 Å². The molecule has 1 amide bonds. The predicted molar refractivity (Wildman–Crippen MR) is 103 cm³/mol. The zero-order valence-electron chi connectivity index (χ0n) is 14.7. The lowest BCUT2D eigenvalue weighted by Gasteiger charge is -2.05. The number of sulfone groups is 1. The summed E-state index contributed by atoms with van der Waals surface area (Å²) in [7, 11) is -1.99. The number of methoxy groups -OCH3 is 1. The van der Waals surface area contributed by atoms with Gasteiger partial charge in [0.25, 0.3) is 5.89 Å². The molecule has 0 fully saturated rings. The minimum atomic E-state index is -3.49. The number of nitrogens with zero attached hydrogens (tertiary/aromatic N) is 2. The molecule has 0 atom stereocenters. The van der Waals surface area contributed by atoms with Crippen molar-refractivity contribution in [3.63, 3.8) is 0 Å². The smallest absolute Gasteiger partial charge is 0.322 e. The van der Waals surface area contributed by atoms with Crippen LogP contribution in [-0.2, 0) is 14.6 Å². The van der Waals surface area contributed by atoms with E-state index in [1.54, 1.807) is 24.3 Å². The first-order valence-electron chi connectivity index (χ1n) is 8.13.